The molecule has 33 heavy (non-hydrogen) atoms. The van der Waals surface area contributed by atoms with Crippen LogP contribution in [0.5, 0.6) is 0 Å². The van der Waals surface area contributed by atoms with Gasteiger partial charge in [-0.05, 0) is 56.3 Å². The number of halogens is 1. The zero-order chi connectivity index (χ0) is 23.4. The summed E-state index contributed by atoms with van der Waals surface area (Å²) in [7, 11) is 1.93. The van der Waals surface area contributed by atoms with E-state index in [-0.39, 0.29) is 30.9 Å². The van der Waals surface area contributed by atoms with Crippen LogP contribution in [0.3, 0.4) is 0 Å². The third-order valence-corrected chi connectivity index (χ3v) is 7.36. The number of amides is 3. The third-order valence-electron chi connectivity index (χ3n) is 6.13. The van der Waals surface area contributed by atoms with E-state index < -0.39 is 6.04 Å². The Labute approximate surface area is 201 Å². The summed E-state index contributed by atoms with van der Waals surface area (Å²) in [5, 5.41) is 5.83. The highest BCUT2D eigenvalue weighted by molar-refractivity contribution is 7.18. The molecule has 0 bridgehead atoms. The number of anilines is 2. The molecule has 1 saturated heterocycles. The fourth-order valence-electron chi connectivity index (χ4n) is 3.92. The summed E-state index contributed by atoms with van der Waals surface area (Å²) in [6.07, 6.45) is 3.22. The SMILES string of the molecule is CN(C1CCC1)[C@H](CNC(=O)c1ccc(Cl)s1)C(=O)Nc1ccc(N2CCOCC2=O)cc1. The molecule has 1 aromatic carbocycles. The predicted molar refractivity (Wildman–Crippen MR) is 129 cm³/mol. The van der Waals surface area contributed by atoms with Crippen molar-refractivity contribution in [1.29, 1.82) is 0 Å². The van der Waals surface area contributed by atoms with Crippen molar-refractivity contribution >= 4 is 52.0 Å². The van der Waals surface area contributed by atoms with E-state index in [0.29, 0.717) is 34.1 Å². The molecule has 2 fully saturated rings. The van der Waals surface area contributed by atoms with Crippen molar-refractivity contribution in [3.63, 3.8) is 0 Å². The van der Waals surface area contributed by atoms with Crippen molar-refractivity contribution in [2.75, 3.05) is 43.6 Å². The number of rotatable bonds is 8. The van der Waals surface area contributed by atoms with Crippen LogP contribution in [-0.4, -0.2) is 68.1 Å². The zero-order valence-electron chi connectivity index (χ0n) is 18.4. The average Bonchev–Trinajstić information content (AvgIpc) is 3.20. The summed E-state index contributed by atoms with van der Waals surface area (Å²) in [4.78, 5) is 41.9. The van der Waals surface area contributed by atoms with Gasteiger partial charge in [0, 0.05) is 30.5 Å². The molecule has 2 N–H and O–H groups in total. The normalized spacial score (nSPS) is 17.5. The van der Waals surface area contributed by atoms with Gasteiger partial charge in [-0.15, -0.1) is 11.3 Å². The third kappa shape index (κ3) is 5.73. The van der Waals surface area contributed by atoms with E-state index in [2.05, 4.69) is 10.6 Å². The number of hydrogen-bond acceptors (Lipinski definition) is 6. The van der Waals surface area contributed by atoms with Crippen LogP contribution < -0.4 is 15.5 Å². The largest absolute Gasteiger partial charge is 0.370 e. The van der Waals surface area contributed by atoms with Gasteiger partial charge in [-0.3, -0.25) is 19.3 Å². The topological polar surface area (TPSA) is 91.0 Å². The number of nitrogens with one attached hydrogen (secondary N) is 2. The summed E-state index contributed by atoms with van der Waals surface area (Å²) in [5.41, 5.74) is 1.40. The van der Waals surface area contributed by atoms with Gasteiger partial charge in [-0.1, -0.05) is 18.0 Å². The van der Waals surface area contributed by atoms with Crippen LogP contribution >= 0.6 is 22.9 Å². The van der Waals surface area contributed by atoms with E-state index in [0.717, 1.165) is 24.9 Å². The van der Waals surface area contributed by atoms with Gasteiger partial charge >= 0.3 is 0 Å². The summed E-state index contributed by atoms with van der Waals surface area (Å²) in [5.74, 6) is -0.515. The lowest BCUT2D eigenvalue weighted by molar-refractivity contribution is -0.125. The van der Waals surface area contributed by atoms with Gasteiger partial charge < -0.3 is 20.3 Å². The van der Waals surface area contributed by atoms with Crippen molar-refractivity contribution in [2.24, 2.45) is 0 Å². The van der Waals surface area contributed by atoms with Crippen molar-refractivity contribution in [3.8, 4) is 0 Å². The quantitative estimate of drug-likeness (QED) is 0.593. The van der Waals surface area contributed by atoms with Gasteiger partial charge in [-0.2, -0.15) is 0 Å². The van der Waals surface area contributed by atoms with Crippen LogP contribution in [0.1, 0.15) is 28.9 Å². The van der Waals surface area contributed by atoms with E-state index >= 15 is 0 Å². The molecule has 2 heterocycles. The maximum atomic E-state index is 13.2. The number of ether oxygens (including phenoxy) is 1. The summed E-state index contributed by atoms with van der Waals surface area (Å²) in [6, 6.07) is 10.3. The van der Waals surface area contributed by atoms with Gasteiger partial charge in [0.25, 0.3) is 11.8 Å². The summed E-state index contributed by atoms with van der Waals surface area (Å²) < 4.78 is 5.72. The van der Waals surface area contributed by atoms with E-state index in [1.165, 1.54) is 11.3 Å². The lowest BCUT2D eigenvalue weighted by Gasteiger charge is -2.39. The first kappa shape index (κ1) is 23.7. The monoisotopic (exact) mass is 490 g/mol. The molecule has 1 aliphatic heterocycles. The summed E-state index contributed by atoms with van der Waals surface area (Å²) in [6.45, 7) is 1.28. The Hall–Kier alpha value is -2.46. The second-order valence-corrected chi connectivity index (χ2v) is 9.93. The Balaban J connectivity index is 1.41. The smallest absolute Gasteiger partial charge is 0.261 e. The van der Waals surface area contributed by atoms with Gasteiger partial charge in [0.2, 0.25) is 5.91 Å². The minimum atomic E-state index is -0.518. The Morgan fingerprint density at radius 3 is 2.61 bits per heavy atom. The zero-order valence-corrected chi connectivity index (χ0v) is 20.0. The van der Waals surface area contributed by atoms with Crippen LogP contribution in [0.25, 0.3) is 0 Å². The van der Waals surface area contributed by atoms with Crippen molar-refractivity contribution in [2.45, 2.75) is 31.3 Å². The highest BCUT2D eigenvalue weighted by Crippen LogP contribution is 2.26. The molecule has 1 aromatic heterocycles. The van der Waals surface area contributed by atoms with E-state index in [9.17, 15) is 14.4 Å². The van der Waals surface area contributed by atoms with E-state index in [1.54, 1.807) is 29.2 Å². The number of likely N-dealkylation sites (N-methyl/N-ethyl adjacent to an activating group) is 1. The Morgan fingerprint density at radius 1 is 1.24 bits per heavy atom. The molecule has 2 aliphatic rings. The van der Waals surface area contributed by atoms with Gasteiger partial charge in [0.15, 0.2) is 0 Å². The fraction of sp³-hybridized carbons (Fsp3) is 0.435. The molecule has 1 aliphatic carbocycles. The number of carbonyl (C=O) groups excluding carboxylic acids is 3. The number of benzene rings is 1. The molecule has 0 radical (unpaired) electrons. The van der Waals surface area contributed by atoms with Crippen LogP contribution in [0.2, 0.25) is 4.34 Å². The molecule has 1 atom stereocenters. The number of hydrogen-bond donors (Lipinski definition) is 2. The highest BCUT2D eigenvalue weighted by Gasteiger charge is 2.32. The summed E-state index contributed by atoms with van der Waals surface area (Å²) >= 11 is 7.14. The molecular formula is C23H27ClN4O4S. The first-order valence-electron chi connectivity index (χ1n) is 11.0. The predicted octanol–water partition coefficient (Wildman–Crippen LogP) is 2.99. The number of thiophene rings is 1. The highest BCUT2D eigenvalue weighted by atomic mass is 35.5. The number of carbonyl (C=O) groups is 3. The second-order valence-electron chi connectivity index (χ2n) is 8.21. The second kappa shape index (κ2) is 10.6. The van der Waals surface area contributed by atoms with Gasteiger partial charge in [0.05, 0.1) is 15.8 Å². The molecule has 3 amide bonds. The molecule has 10 heteroatoms. The minimum Gasteiger partial charge on any atom is -0.370 e. The lowest BCUT2D eigenvalue weighted by atomic mass is 9.90. The maximum absolute atomic E-state index is 13.2. The Morgan fingerprint density at radius 2 is 2.00 bits per heavy atom. The first-order valence-corrected chi connectivity index (χ1v) is 12.2. The Bertz CT molecular complexity index is 1010. The van der Waals surface area contributed by atoms with Crippen LogP contribution in [-0.2, 0) is 14.3 Å². The molecular weight excluding hydrogens is 464 g/mol. The van der Waals surface area contributed by atoms with Crippen molar-refractivity contribution < 1.29 is 19.1 Å². The standard InChI is InChI=1S/C23H27ClN4O4S/c1-27(16-3-2-4-16)18(13-25-23(31)19-9-10-20(24)33-19)22(30)26-15-5-7-17(8-6-15)28-11-12-32-14-21(28)29/h5-10,16,18H,2-4,11-14H2,1H3,(H,25,31)(H,26,30)/t18-/m1/s1. The first-order chi connectivity index (χ1) is 15.9. The molecule has 1 saturated carbocycles. The van der Waals surface area contributed by atoms with Gasteiger partial charge in [-0.25, -0.2) is 0 Å². The molecule has 4 rings (SSSR count). The maximum Gasteiger partial charge on any atom is 0.261 e. The molecule has 176 valence electrons. The lowest BCUT2D eigenvalue weighted by Crippen LogP contribution is -2.54. The van der Waals surface area contributed by atoms with Crippen molar-refractivity contribution in [3.05, 3.63) is 45.6 Å². The van der Waals surface area contributed by atoms with Crippen LogP contribution in [0, 0.1) is 0 Å². The Kier molecular flexibility index (Phi) is 7.64. The molecule has 2 aromatic rings. The number of nitrogens with zero attached hydrogens (tertiary/aromatic N) is 2. The van der Waals surface area contributed by atoms with Crippen LogP contribution in [0.15, 0.2) is 36.4 Å². The van der Waals surface area contributed by atoms with E-state index in [4.69, 9.17) is 16.3 Å². The van der Waals surface area contributed by atoms with Crippen molar-refractivity contribution in [1.82, 2.24) is 10.2 Å². The van der Waals surface area contributed by atoms with E-state index in [1.807, 2.05) is 24.1 Å². The average molecular weight is 491 g/mol. The fourth-order valence-corrected chi connectivity index (χ4v) is 4.88. The molecule has 0 spiro atoms. The van der Waals surface area contributed by atoms with Gasteiger partial charge in [0.1, 0.15) is 12.6 Å². The number of morpholine rings is 1. The molecule has 8 nitrogen and oxygen atoms in total. The minimum absolute atomic E-state index is 0.0804. The van der Waals surface area contributed by atoms with Crippen LogP contribution in [0.4, 0.5) is 11.4 Å². The molecule has 0 unspecified atom stereocenters.